The molecule has 0 spiro atoms. The number of hydrogen-bond donors (Lipinski definition) is 3. The molecule has 3 rings (SSSR count). The van der Waals surface area contributed by atoms with Crippen LogP contribution in [0.1, 0.15) is 11.6 Å². The van der Waals surface area contributed by atoms with E-state index in [0.717, 1.165) is 5.56 Å². The van der Waals surface area contributed by atoms with E-state index in [4.69, 9.17) is 5.73 Å². The van der Waals surface area contributed by atoms with Crippen LogP contribution in [0.25, 0.3) is 5.65 Å². The Kier molecular flexibility index (Phi) is 3.18. The first-order valence-electron chi connectivity index (χ1n) is 6.23. The maximum Gasteiger partial charge on any atom is 0.364 e. The molecule has 0 aliphatic heterocycles. The van der Waals surface area contributed by atoms with Gasteiger partial charge in [-0.15, -0.1) is 5.10 Å². The second-order valence-corrected chi connectivity index (χ2v) is 4.42. The molecular formula is C13H14N6O. The average Bonchev–Trinajstić information content (AvgIpc) is 2.87. The van der Waals surface area contributed by atoms with Gasteiger partial charge in [0.2, 0.25) is 0 Å². The first-order valence-corrected chi connectivity index (χ1v) is 6.23. The van der Waals surface area contributed by atoms with Crippen LogP contribution in [0.2, 0.25) is 0 Å². The lowest BCUT2D eigenvalue weighted by molar-refractivity contribution is 0.756. The summed E-state index contributed by atoms with van der Waals surface area (Å²) in [7, 11) is 0. The number of fused-ring (bicyclic) bond motifs is 1. The van der Waals surface area contributed by atoms with Crippen LogP contribution in [0.4, 0.5) is 5.82 Å². The van der Waals surface area contributed by atoms with Gasteiger partial charge in [-0.25, -0.2) is 9.89 Å². The number of benzene rings is 1. The van der Waals surface area contributed by atoms with Crippen LogP contribution in [-0.4, -0.2) is 26.4 Å². The normalized spacial score (nSPS) is 12.4. The largest absolute Gasteiger partial charge is 0.367 e. The van der Waals surface area contributed by atoms with Crippen LogP contribution in [-0.2, 0) is 0 Å². The van der Waals surface area contributed by atoms with Gasteiger partial charge >= 0.3 is 5.69 Å². The zero-order valence-corrected chi connectivity index (χ0v) is 10.7. The predicted octanol–water partition coefficient (Wildman–Crippen LogP) is 0.529. The number of anilines is 1. The van der Waals surface area contributed by atoms with Crippen LogP contribution in [0.3, 0.4) is 0 Å². The summed E-state index contributed by atoms with van der Waals surface area (Å²) in [5.74, 6) is 0.576. The van der Waals surface area contributed by atoms with E-state index in [2.05, 4.69) is 20.6 Å². The number of nitrogens with zero attached hydrogens (tertiary/aromatic N) is 3. The van der Waals surface area contributed by atoms with Gasteiger partial charge in [-0.2, -0.15) is 9.61 Å². The summed E-state index contributed by atoms with van der Waals surface area (Å²) in [5, 5.41) is 13.4. The molecule has 0 radical (unpaired) electrons. The standard InChI is InChI=1S/C13H14N6O/c14-10(9-4-2-1-3-5-9)8-15-11-6-7-12-16-17-13(20)19(12)18-11/h1-7,10H,8,14H2,(H,15,18)(H,17,20). The Morgan fingerprint density at radius 1 is 1.25 bits per heavy atom. The smallest absolute Gasteiger partial charge is 0.364 e. The van der Waals surface area contributed by atoms with Gasteiger partial charge in [0.1, 0.15) is 5.82 Å². The fourth-order valence-electron chi connectivity index (χ4n) is 1.93. The van der Waals surface area contributed by atoms with E-state index in [1.165, 1.54) is 4.52 Å². The van der Waals surface area contributed by atoms with Gasteiger partial charge in [0.25, 0.3) is 0 Å². The van der Waals surface area contributed by atoms with E-state index in [1.54, 1.807) is 12.1 Å². The molecule has 0 bridgehead atoms. The van der Waals surface area contributed by atoms with Crippen molar-refractivity contribution in [3.8, 4) is 0 Å². The molecule has 0 saturated carbocycles. The third kappa shape index (κ3) is 2.39. The van der Waals surface area contributed by atoms with Crippen molar-refractivity contribution in [2.24, 2.45) is 5.73 Å². The van der Waals surface area contributed by atoms with Crippen molar-refractivity contribution in [2.45, 2.75) is 6.04 Å². The van der Waals surface area contributed by atoms with E-state index in [0.29, 0.717) is 18.0 Å². The Bertz CT molecular complexity index is 763. The fourth-order valence-corrected chi connectivity index (χ4v) is 1.93. The number of nitrogens with two attached hydrogens (primary N) is 1. The molecule has 0 fully saturated rings. The molecule has 0 amide bonds. The minimum atomic E-state index is -0.365. The number of aromatic nitrogens is 4. The summed E-state index contributed by atoms with van der Waals surface area (Å²) in [6, 6.07) is 13.1. The Hall–Kier alpha value is -2.67. The highest BCUT2D eigenvalue weighted by Crippen LogP contribution is 2.10. The van der Waals surface area contributed by atoms with Crippen LogP contribution in [0.5, 0.6) is 0 Å². The van der Waals surface area contributed by atoms with Crippen LogP contribution in [0.15, 0.2) is 47.3 Å². The van der Waals surface area contributed by atoms with Gasteiger partial charge < -0.3 is 11.1 Å². The number of hydrogen-bond acceptors (Lipinski definition) is 5. The number of H-pyrrole nitrogens is 1. The molecular weight excluding hydrogens is 256 g/mol. The Labute approximate surface area is 114 Å². The van der Waals surface area contributed by atoms with Crippen LogP contribution >= 0.6 is 0 Å². The molecule has 0 aliphatic rings. The van der Waals surface area contributed by atoms with E-state index < -0.39 is 0 Å². The third-order valence-corrected chi connectivity index (χ3v) is 3.00. The van der Waals surface area contributed by atoms with Gasteiger partial charge in [0.15, 0.2) is 5.65 Å². The Balaban J connectivity index is 1.73. The molecule has 2 heterocycles. The fraction of sp³-hybridized carbons (Fsp3) is 0.154. The molecule has 1 atom stereocenters. The summed E-state index contributed by atoms with van der Waals surface area (Å²) in [4.78, 5) is 11.4. The summed E-state index contributed by atoms with van der Waals surface area (Å²) >= 11 is 0. The molecule has 0 saturated heterocycles. The molecule has 4 N–H and O–H groups in total. The van der Waals surface area contributed by atoms with E-state index in [1.807, 2.05) is 30.3 Å². The van der Waals surface area contributed by atoms with Crippen molar-refractivity contribution in [2.75, 3.05) is 11.9 Å². The molecule has 7 heteroatoms. The minimum Gasteiger partial charge on any atom is -0.367 e. The van der Waals surface area contributed by atoms with Gasteiger partial charge in [-0.1, -0.05) is 30.3 Å². The maximum absolute atomic E-state index is 11.4. The van der Waals surface area contributed by atoms with Gasteiger partial charge in [-0.05, 0) is 17.7 Å². The summed E-state index contributed by atoms with van der Waals surface area (Å²) in [5.41, 5.74) is 7.25. The quantitative estimate of drug-likeness (QED) is 0.642. The van der Waals surface area contributed by atoms with Crippen LogP contribution in [0, 0.1) is 0 Å². The van der Waals surface area contributed by atoms with Crippen molar-refractivity contribution >= 4 is 11.5 Å². The molecule has 20 heavy (non-hydrogen) atoms. The SMILES string of the molecule is NC(CNc1ccc2n[nH]c(=O)n2n1)c1ccccc1. The van der Waals surface area contributed by atoms with Gasteiger partial charge in [0.05, 0.1) is 0 Å². The van der Waals surface area contributed by atoms with Crippen molar-refractivity contribution < 1.29 is 0 Å². The number of rotatable bonds is 4. The van der Waals surface area contributed by atoms with Gasteiger partial charge in [0, 0.05) is 12.6 Å². The van der Waals surface area contributed by atoms with Crippen LogP contribution < -0.4 is 16.7 Å². The van der Waals surface area contributed by atoms with Crippen molar-refractivity contribution in [1.82, 2.24) is 19.8 Å². The van der Waals surface area contributed by atoms with E-state index in [9.17, 15) is 4.79 Å². The minimum absolute atomic E-state index is 0.144. The monoisotopic (exact) mass is 270 g/mol. The molecule has 1 unspecified atom stereocenters. The van der Waals surface area contributed by atoms with E-state index in [-0.39, 0.29) is 11.7 Å². The summed E-state index contributed by atoms with van der Waals surface area (Å²) < 4.78 is 1.20. The van der Waals surface area contributed by atoms with Gasteiger partial charge in [-0.3, -0.25) is 0 Å². The predicted molar refractivity (Wildman–Crippen MR) is 75.5 cm³/mol. The topological polar surface area (TPSA) is 101 Å². The average molecular weight is 270 g/mol. The molecule has 1 aromatic carbocycles. The van der Waals surface area contributed by atoms with E-state index >= 15 is 0 Å². The van der Waals surface area contributed by atoms with Crippen molar-refractivity contribution in [3.63, 3.8) is 0 Å². The third-order valence-electron chi connectivity index (χ3n) is 3.00. The second kappa shape index (κ2) is 5.14. The lowest BCUT2D eigenvalue weighted by atomic mass is 10.1. The highest BCUT2D eigenvalue weighted by atomic mass is 16.2. The summed E-state index contributed by atoms with van der Waals surface area (Å²) in [6.45, 7) is 0.523. The highest BCUT2D eigenvalue weighted by Gasteiger charge is 2.07. The molecule has 3 aromatic rings. The zero-order valence-electron chi connectivity index (χ0n) is 10.7. The molecule has 2 aromatic heterocycles. The summed E-state index contributed by atoms with van der Waals surface area (Å²) in [6.07, 6.45) is 0. The first-order chi connectivity index (χ1) is 9.74. The van der Waals surface area contributed by atoms with Crippen molar-refractivity contribution in [1.29, 1.82) is 0 Å². The number of aromatic amines is 1. The zero-order chi connectivity index (χ0) is 13.9. The molecule has 102 valence electrons. The lowest BCUT2D eigenvalue weighted by Gasteiger charge is -2.13. The molecule has 0 aliphatic carbocycles. The highest BCUT2D eigenvalue weighted by molar-refractivity contribution is 5.43. The van der Waals surface area contributed by atoms with Crippen molar-refractivity contribution in [3.05, 3.63) is 58.5 Å². The maximum atomic E-state index is 11.4. The number of nitrogens with one attached hydrogen (secondary N) is 2. The lowest BCUT2D eigenvalue weighted by Crippen LogP contribution is -2.22. The Morgan fingerprint density at radius 2 is 2.05 bits per heavy atom. The molecule has 7 nitrogen and oxygen atoms in total. The Morgan fingerprint density at radius 3 is 2.85 bits per heavy atom. The first kappa shape index (κ1) is 12.4. The second-order valence-electron chi connectivity index (χ2n) is 4.42.